The van der Waals surface area contributed by atoms with Crippen molar-refractivity contribution in [3.05, 3.63) is 54.2 Å². The predicted molar refractivity (Wildman–Crippen MR) is 86.6 cm³/mol. The fourth-order valence-electron chi connectivity index (χ4n) is 3.53. The summed E-state index contributed by atoms with van der Waals surface area (Å²) < 4.78 is 25.4. The minimum Gasteiger partial charge on any atom is -0.469 e. The van der Waals surface area contributed by atoms with Crippen molar-refractivity contribution in [3.63, 3.8) is 0 Å². The molecule has 3 heterocycles. The fourth-order valence-corrected chi connectivity index (χ4v) is 3.53. The summed E-state index contributed by atoms with van der Waals surface area (Å²) >= 11 is 0. The van der Waals surface area contributed by atoms with Crippen LogP contribution in [0, 0.1) is 5.82 Å². The lowest BCUT2D eigenvalue weighted by Crippen LogP contribution is -2.54. The van der Waals surface area contributed by atoms with E-state index in [0.717, 1.165) is 6.42 Å². The van der Waals surface area contributed by atoms with Gasteiger partial charge in [0, 0.05) is 18.9 Å². The van der Waals surface area contributed by atoms with E-state index in [1.165, 1.54) is 18.3 Å². The molecule has 2 aromatic heterocycles. The van der Waals surface area contributed by atoms with Gasteiger partial charge in [-0.15, -0.1) is 0 Å². The van der Waals surface area contributed by atoms with E-state index in [2.05, 4.69) is 9.97 Å². The maximum atomic E-state index is 13.8. The van der Waals surface area contributed by atoms with Gasteiger partial charge in [-0.2, -0.15) is 0 Å². The number of rotatable bonds is 3. The molecule has 1 saturated carbocycles. The lowest BCUT2D eigenvalue weighted by Gasteiger charge is -2.38. The Morgan fingerprint density at radius 2 is 2.08 bits per heavy atom. The Morgan fingerprint density at radius 3 is 2.88 bits per heavy atom. The topological polar surface area (TPSA) is 64.6 Å². The van der Waals surface area contributed by atoms with Gasteiger partial charge in [0.1, 0.15) is 17.9 Å². The van der Waals surface area contributed by atoms with Crippen LogP contribution in [0.5, 0.6) is 5.88 Å². The van der Waals surface area contributed by atoms with Crippen molar-refractivity contribution in [3.8, 4) is 5.88 Å². The Hall–Kier alpha value is -2.54. The van der Waals surface area contributed by atoms with Crippen molar-refractivity contribution in [2.45, 2.75) is 31.1 Å². The molecule has 1 aliphatic carbocycles. The highest BCUT2D eigenvalue weighted by molar-refractivity contribution is 5.92. The second kappa shape index (κ2) is 6.76. The number of halogens is 1. The number of aromatic nitrogens is 2. The molecule has 0 radical (unpaired) electrons. The van der Waals surface area contributed by atoms with Crippen LogP contribution in [0.3, 0.4) is 0 Å². The van der Waals surface area contributed by atoms with Gasteiger partial charge in [0.2, 0.25) is 0 Å². The third kappa shape index (κ3) is 3.07. The second-order valence-corrected chi connectivity index (χ2v) is 6.14. The van der Waals surface area contributed by atoms with Crippen LogP contribution in [0.2, 0.25) is 0 Å². The molecule has 0 aromatic carbocycles. The zero-order valence-electron chi connectivity index (χ0n) is 13.5. The number of morpholine rings is 1. The number of pyridine rings is 2. The van der Waals surface area contributed by atoms with E-state index in [9.17, 15) is 9.18 Å². The number of carbonyl (C=O) groups is 1. The monoisotopic (exact) mass is 343 g/mol. The number of carbonyl (C=O) groups excluding carboxylic acids is 1. The first-order chi connectivity index (χ1) is 12.2. The zero-order chi connectivity index (χ0) is 17.2. The summed E-state index contributed by atoms with van der Waals surface area (Å²) in [6, 6.07) is 8.01. The molecular formula is C18H18FN3O3. The molecule has 130 valence electrons. The van der Waals surface area contributed by atoms with Crippen molar-refractivity contribution in [1.29, 1.82) is 0 Å². The minimum absolute atomic E-state index is 0.0232. The van der Waals surface area contributed by atoms with E-state index >= 15 is 0 Å². The van der Waals surface area contributed by atoms with Crippen molar-refractivity contribution in [1.82, 2.24) is 14.9 Å². The molecule has 25 heavy (non-hydrogen) atoms. The summed E-state index contributed by atoms with van der Waals surface area (Å²) in [7, 11) is 0. The van der Waals surface area contributed by atoms with Crippen LogP contribution >= 0.6 is 0 Å². The summed E-state index contributed by atoms with van der Waals surface area (Å²) in [6.45, 7) is 0.936. The Kier molecular flexibility index (Phi) is 4.31. The second-order valence-electron chi connectivity index (χ2n) is 6.14. The zero-order valence-corrected chi connectivity index (χ0v) is 13.5. The quantitative estimate of drug-likeness (QED) is 0.854. The Balaban J connectivity index is 1.51. The van der Waals surface area contributed by atoms with Crippen LogP contribution in [0.4, 0.5) is 4.39 Å². The van der Waals surface area contributed by atoms with Crippen LogP contribution in [-0.2, 0) is 4.74 Å². The highest BCUT2D eigenvalue weighted by Crippen LogP contribution is 2.33. The molecule has 1 amide bonds. The Bertz CT molecular complexity index is 758. The van der Waals surface area contributed by atoms with Gasteiger partial charge in [-0.05, 0) is 37.1 Å². The van der Waals surface area contributed by atoms with Gasteiger partial charge < -0.3 is 14.4 Å². The predicted octanol–water partition coefficient (Wildman–Crippen LogP) is 2.07. The largest absolute Gasteiger partial charge is 0.469 e. The van der Waals surface area contributed by atoms with Crippen LogP contribution in [0.25, 0.3) is 0 Å². The normalized spacial score (nSPS) is 25.5. The summed E-state index contributed by atoms with van der Waals surface area (Å²) in [4.78, 5) is 22.6. The van der Waals surface area contributed by atoms with E-state index in [4.69, 9.17) is 9.47 Å². The van der Waals surface area contributed by atoms with Gasteiger partial charge >= 0.3 is 0 Å². The van der Waals surface area contributed by atoms with Crippen LogP contribution in [-0.4, -0.2) is 52.2 Å². The first kappa shape index (κ1) is 16.0. The molecule has 0 unspecified atom stereocenters. The van der Waals surface area contributed by atoms with Crippen LogP contribution < -0.4 is 4.74 Å². The summed E-state index contributed by atoms with van der Waals surface area (Å²) in [5, 5.41) is 0. The number of ether oxygens (including phenoxy) is 2. The fraction of sp³-hybridized carbons (Fsp3) is 0.389. The van der Waals surface area contributed by atoms with Crippen molar-refractivity contribution in [2.24, 2.45) is 0 Å². The molecule has 7 heteroatoms. The lowest BCUT2D eigenvalue weighted by molar-refractivity contribution is -0.0800. The molecule has 1 saturated heterocycles. The molecule has 0 N–H and O–H groups in total. The average molecular weight is 343 g/mol. The van der Waals surface area contributed by atoms with E-state index in [1.54, 1.807) is 29.3 Å². The summed E-state index contributed by atoms with van der Waals surface area (Å²) in [5.41, 5.74) is 0.420. The SMILES string of the molecule is O=C(c1ccccn1)N1CCO[C@@H]2[C@@H](Oc3ncccc3F)CC[C@H]21. The lowest BCUT2D eigenvalue weighted by atomic mass is 10.1. The molecule has 2 aromatic rings. The number of fused-ring (bicyclic) bond motifs is 1. The van der Waals surface area contributed by atoms with Gasteiger partial charge in [-0.3, -0.25) is 9.78 Å². The average Bonchev–Trinajstić information content (AvgIpc) is 3.07. The van der Waals surface area contributed by atoms with E-state index < -0.39 is 5.82 Å². The standard InChI is InChI=1S/C18H18FN3O3/c19-12-4-3-9-21-17(12)25-15-7-6-14-16(15)24-11-10-22(14)18(23)13-5-1-2-8-20-13/h1-5,8-9,14-16H,6-7,10-11H2/t14-,15+,16+/m1/s1. The molecule has 1 aliphatic heterocycles. The summed E-state index contributed by atoms with van der Waals surface area (Å²) in [5.74, 6) is -0.628. The van der Waals surface area contributed by atoms with E-state index in [0.29, 0.717) is 25.3 Å². The van der Waals surface area contributed by atoms with Gasteiger partial charge in [-0.1, -0.05) is 6.07 Å². The van der Waals surface area contributed by atoms with Crippen LogP contribution in [0.15, 0.2) is 42.7 Å². The highest BCUT2D eigenvalue weighted by atomic mass is 19.1. The Morgan fingerprint density at radius 1 is 1.20 bits per heavy atom. The van der Waals surface area contributed by atoms with E-state index in [-0.39, 0.29) is 30.0 Å². The molecule has 4 rings (SSSR count). The summed E-state index contributed by atoms with van der Waals surface area (Å²) in [6.07, 6.45) is 3.90. The van der Waals surface area contributed by atoms with Gasteiger partial charge in [0.15, 0.2) is 5.82 Å². The molecule has 3 atom stereocenters. The molecule has 6 nitrogen and oxygen atoms in total. The first-order valence-corrected chi connectivity index (χ1v) is 8.35. The smallest absolute Gasteiger partial charge is 0.272 e. The molecule has 2 fully saturated rings. The number of hydrogen-bond donors (Lipinski definition) is 0. The highest BCUT2D eigenvalue weighted by Gasteiger charge is 2.46. The van der Waals surface area contributed by atoms with Crippen LogP contribution in [0.1, 0.15) is 23.3 Å². The third-order valence-corrected chi connectivity index (χ3v) is 4.67. The number of hydrogen-bond acceptors (Lipinski definition) is 5. The van der Waals surface area contributed by atoms with Crippen molar-refractivity contribution in [2.75, 3.05) is 13.2 Å². The van der Waals surface area contributed by atoms with Crippen molar-refractivity contribution >= 4 is 5.91 Å². The van der Waals surface area contributed by atoms with Crippen molar-refractivity contribution < 1.29 is 18.7 Å². The minimum atomic E-state index is -0.497. The molecular weight excluding hydrogens is 325 g/mol. The third-order valence-electron chi connectivity index (χ3n) is 4.67. The molecule has 2 aliphatic rings. The number of amides is 1. The van der Waals surface area contributed by atoms with Gasteiger partial charge in [-0.25, -0.2) is 9.37 Å². The first-order valence-electron chi connectivity index (χ1n) is 8.35. The van der Waals surface area contributed by atoms with Gasteiger partial charge in [0.25, 0.3) is 11.8 Å². The number of nitrogens with zero attached hydrogens (tertiary/aromatic N) is 3. The molecule has 0 spiro atoms. The molecule has 0 bridgehead atoms. The maximum Gasteiger partial charge on any atom is 0.272 e. The van der Waals surface area contributed by atoms with E-state index in [1.807, 2.05) is 0 Å². The Labute approximate surface area is 144 Å². The van der Waals surface area contributed by atoms with Gasteiger partial charge in [0.05, 0.1) is 12.6 Å². The maximum absolute atomic E-state index is 13.8.